The number of aryl methyl sites for hydroxylation is 2. The van der Waals surface area contributed by atoms with Crippen LogP contribution in [0.4, 0.5) is 0 Å². The van der Waals surface area contributed by atoms with Crippen LogP contribution in [0.2, 0.25) is 0 Å². The molecule has 5 aromatic rings. The Hall–Kier alpha value is -3.17. The van der Waals surface area contributed by atoms with E-state index in [1.165, 1.54) is 27.9 Å². The zero-order valence-corrected chi connectivity index (χ0v) is 16.7. The monoisotopic (exact) mass is 380 g/mol. The molecule has 2 aromatic heterocycles. The van der Waals surface area contributed by atoms with Crippen molar-refractivity contribution in [2.45, 2.75) is 13.8 Å². The molecule has 0 aliphatic heterocycles. The van der Waals surface area contributed by atoms with Crippen molar-refractivity contribution in [3.8, 4) is 33.8 Å². The maximum absolute atomic E-state index is 5.03. The van der Waals surface area contributed by atoms with Crippen LogP contribution in [0.3, 0.4) is 0 Å². The molecule has 2 heterocycles. The molecule has 0 amide bonds. The van der Waals surface area contributed by atoms with Gasteiger partial charge in [0.1, 0.15) is 0 Å². The first-order valence-corrected chi connectivity index (χ1v) is 10.3. The predicted molar refractivity (Wildman–Crippen MR) is 119 cm³/mol. The van der Waals surface area contributed by atoms with Gasteiger partial charge in [0, 0.05) is 22.1 Å². The summed E-state index contributed by atoms with van der Waals surface area (Å²) in [7, 11) is 0. The van der Waals surface area contributed by atoms with Crippen LogP contribution >= 0.6 is 11.3 Å². The summed E-state index contributed by atoms with van der Waals surface area (Å²) in [4.78, 5) is 6.06. The van der Waals surface area contributed by atoms with Crippen LogP contribution in [0, 0.1) is 13.8 Å². The molecule has 136 valence electrons. The Kier molecular flexibility index (Phi) is 4.10. The van der Waals surface area contributed by atoms with E-state index < -0.39 is 0 Å². The third-order valence-corrected chi connectivity index (χ3v) is 5.94. The molecule has 2 nitrogen and oxygen atoms in total. The smallest absolute Gasteiger partial charge is 0.195 e. The predicted octanol–water partition coefficient (Wildman–Crippen LogP) is 7.01. The minimum Gasteiger partial charge on any atom is -0.282 e. The summed E-state index contributed by atoms with van der Waals surface area (Å²) in [5.74, 6) is 0. The molecular weight excluding hydrogens is 360 g/mol. The largest absolute Gasteiger partial charge is 0.282 e. The molecule has 0 saturated heterocycles. The van der Waals surface area contributed by atoms with Crippen molar-refractivity contribution in [2.24, 2.45) is 0 Å². The van der Waals surface area contributed by atoms with Gasteiger partial charge in [0.2, 0.25) is 0 Å². The van der Waals surface area contributed by atoms with Gasteiger partial charge in [-0.3, -0.25) is 4.40 Å². The van der Waals surface area contributed by atoms with E-state index in [-0.39, 0.29) is 0 Å². The van der Waals surface area contributed by atoms with Crippen LogP contribution in [0.25, 0.3) is 38.7 Å². The minimum atomic E-state index is 1.02. The normalized spacial score (nSPS) is 11.2. The van der Waals surface area contributed by atoms with Gasteiger partial charge in [-0.1, -0.05) is 84.4 Å². The van der Waals surface area contributed by atoms with Gasteiger partial charge in [-0.25, -0.2) is 4.98 Å². The molecule has 0 saturated carbocycles. The number of rotatable bonds is 3. The van der Waals surface area contributed by atoms with Gasteiger partial charge in [-0.2, -0.15) is 0 Å². The molecule has 3 heteroatoms. The van der Waals surface area contributed by atoms with Crippen molar-refractivity contribution in [1.82, 2.24) is 9.38 Å². The summed E-state index contributed by atoms with van der Waals surface area (Å²) in [5.41, 5.74) is 9.53. The minimum absolute atomic E-state index is 1.02. The van der Waals surface area contributed by atoms with Gasteiger partial charge in [0.15, 0.2) is 4.96 Å². The standard InChI is InChI=1S/C25H20N2S/c1-17-13-14-21(18(2)15-17)22-16-28-25-26-23(19-9-5-3-6-10-19)24(27(22)25)20-11-7-4-8-12-20/h3-16H,1-2H3. The highest BCUT2D eigenvalue weighted by Crippen LogP contribution is 2.39. The Morgan fingerprint density at radius 1 is 0.786 bits per heavy atom. The first-order valence-electron chi connectivity index (χ1n) is 9.41. The van der Waals surface area contributed by atoms with E-state index in [0.29, 0.717) is 0 Å². The van der Waals surface area contributed by atoms with Crippen molar-refractivity contribution in [3.63, 3.8) is 0 Å². The SMILES string of the molecule is Cc1ccc(-c2csc3nc(-c4ccccc4)c(-c4ccccc4)n23)c(C)c1. The number of benzene rings is 3. The number of fused-ring (bicyclic) bond motifs is 1. The van der Waals surface area contributed by atoms with Crippen molar-refractivity contribution in [1.29, 1.82) is 0 Å². The quantitative estimate of drug-likeness (QED) is 0.329. The average molecular weight is 381 g/mol. The molecule has 28 heavy (non-hydrogen) atoms. The number of hydrogen-bond acceptors (Lipinski definition) is 2. The highest BCUT2D eigenvalue weighted by molar-refractivity contribution is 7.15. The van der Waals surface area contributed by atoms with E-state index >= 15 is 0 Å². The Morgan fingerprint density at radius 3 is 2.14 bits per heavy atom. The summed E-state index contributed by atoms with van der Waals surface area (Å²) in [6.45, 7) is 4.32. The highest BCUT2D eigenvalue weighted by Gasteiger charge is 2.20. The molecule has 0 aliphatic rings. The molecular formula is C25H20N2S. The summed E-state index contributed by atoms with van der Waals surface area (Å²) in [6, 6.07) is 27.7. The second-order valence-corrected chi connectivity index (χ2v) is 7.93. The number of thiazole rings is 1. The molecule has 0 unspecified atom stereocenters. The molecule has 0 radical (unpaired) electrons. The summed E-state index contributed by atoms with van der Waals surface area (Å²) in [6.07, 6.45) is 0. The van der Waals surface area contributed by atoms with E-state index in [1.54, 1.807) is 11.3 Å². The first kappa shape index (κ1) is 17.0. The Labute approximate surface area is 168 Å². The molecule has 0 N–H and O–H groups in total. The van der Waals surface area contributed by atoms with E-state index in [2.05, 4.69) is 96.4 Å². The highest BCUT2D eigenvalue weighted by atomic mass is 32.1. The van der Waals surface area contributed by atoms with Crippen LogP contribution in [0.15, 0.2) is 84.2 Å². The molecule has 0 atom stereocenters. The fourth-order valence-corrected chi connectivity index (χ4v) is 4.70. The maximum atomic E-state index is 5.03. The van der Waals surface area contributed by atoms with Crippen molar-refractivity contribution >= 4 is 16.3 Å². The molecule has 0 fully saturated rings. The average Bonchev–Trinajstić information content (AvgIpc) is 3.29. The Bertz CT molecular complexity index is 1260. The topological polar surface area (TPSA) is 17.3 Å². The number of imidazole rings is 1. The third kappa shape index (κ3) is 2.76. The van der Waals surface area contributed by atoms with Gasteiger partial charge in [0.05, 0.1) is 17.1 Å². The lowest BCUT2D eigenvalue weighted by Gasteiger charge is -2.10. The van der Waals surface area contributed by atoms with Crippen molar-refractivity contribution in [2.75, 3.05) is 0 Å². The zero-order chi connectivity index (χ0) is 19.1. The Morgan fingerprint density at radius 2 is 1.46 bits per heavy atom. The van der Waals surface area contributed by atoms with Gasteiger partial charge >= 0.3 is 0 Å². The fourth-order valence-electron chi connectivity index (χ4n) is 3.81. The fraction of sp³-hybridized carbons (Fsp3) is 0.0800. The van der Waals surface area contributed by atoms with Gasteiger partial charge in [-0.15, -0.1) is 11.3 Å². The molecule has 0 spiro atoms. The number of nitrogens with zero attached hydrogens (tertiary/aromatic N) is 2. The van der Waals surface area contributed by atoms with Crippen molar-refractivity contribution in [3.05, 3.63) is 95.4 Å². The lowest BCUT2D eigenvalue weighted by molar-refractivity contribution is 1.22. The van der Waals surface area contributed by atoms with E-state index in [9.17, 15) is 0 Å². The Balaban J connectivity index is 1.85. The van der Waals surface area contributed by atoms with Crippen LogP contribution in [0.1, 0.15) is 11.1 Å². The second-order valence-electron chi connectivity index (χ2n) is 7.10. The van der Waals surface area contributed by atoms with E-state index in [1.807, 2.05) is 6.07 Å². The number of aromatic nitrogens is 2. The second kappa shape index (κ2) is 6.77. The molecule has 0 aliphatic carbocycles. The van der Waals surface area contributed by atoms with Crippen LogP contribution in [-0.4, -0.2) is 9.38 Å². The zero-order valence-electron chi connectivity index (χ0n) is 15.9. The van der Waals surface area contributed by atoms with Gasteiger partial charge < -0.3 is 0 Å². The van der Waals surface area contributed by atoms with Crippen molar-refractivity contribution < 1.29 is 0 Å². The molecule has 5 rings (SSSR count). The van der Waals surface area contributed by atoms with E-state index in [4.69, 9.17) is 4.98 Å². The van der Waals surface area contributed by atoms with Crippen LogP contribution in [-0.2, 0) is 0 Å². The summed E-state index contributed by atoms with van der Waals surface area (Å²) in [5, 5.41) is 2.22. The molecule has 0 bridgehead atoms. The third-order valence-electron chi connectivity index (χ3n) is 5.12. The summed E-state index contributed by atoms with van der Waals surface area (Å²) >= 11 is 1.70. The lowest BCUT2D eigenvalue weighted by atomic mass is 10.0. The van der Waals surface area contributed by atoms with Crippen LogP contribution in [0.5, 0.6) is 0 Å². The lowest BCUT2D eigenvalue weighted by Crippen LogP contribution is -1.93. The van der Waals surface area contributed by atoms with Gasteiger partial charge in [-0.05, 0) is 19.4 Å². The van der Waals surface area contributed by atoms with Gasteiger partial charge in [0.25, 0.3) is 0 Å². The summed E-state index contributed by atoms with van der Waals surface area (Å²) < 4.78 is 2.32. The van der Waals surface area contributed by atoms with Crippen LogP contribution < -0.4 is 0 Å². The van der Waals surface area contributed by atoms with E-state index in [0.717, 1.165) is 21.9 Å². The number of hydrogen-bond donors (Lipinski definition) is 0. The molecule has 3 aromatic carbocycles. The maximum Gasteiger partial charge on any atom is 0.195 e. The first-order chi connectivity index (χ1) is 13.7.